The van der Waals surface area contributed by atoms with Crippen LogP contribution in [0.3, 0.4) is 0 Å². The smallest absolute Gasteiger partial charge is 0.178 e. The molecular formula is C13H16F2N2OS. The topological polar surface area (TPSA) is 29.9 Å². The van der Waals surface area contributed by atoms with Crippen molar-refractivity contribution in [3.8, 4) is 0 Å². The third kappa shape index (κ3) is 2.84. The first-order chi connectivity index (χ1) is 8.84. The molecular weight excluding hydrogens is 270 g/mol. The zero-order chi connectivity index (χ0) is 14.2. The van der Waals surface area contributed by atoms with Crippen molar-refractivity contribution in [1.82, 2.24) is 9.55 Å². The lowest BCUT2D eigenvalue weighted by molar-refractivity contribution is -0.0219. The molecule has 3 nitrogen and oxygen atoms in total. The summed E-state index contributed by atoms with van der Waals surface area (Å²) in [5.41, 5.74) is 0.166. The normalized spacial score (nSPS) is 12.3. The number of nitrogens with zero attached hydrogens (tertiary/aromatic N) is 1. The fraction of sp³-hybridized carbons (Fsp3) is 0.462. The Labute approximate surface area is 115 Å². The van der Waals surface area contributed by atoms with Gasteiger partial charge in [0.25, 0.3) is 0 Å². The van der Waals surface area contributed by atoms with E-state index in [9.17, 15) is 8.78 Å². The molecule has 1 aromatic carbocycles. The molecule has 0 aliphatic rings. The number of ether oxygens (including phenoxy) is 1. The highest BCUT2D eigenvalue weighted by Gasteiger charge is 2.21. The molecule has 0 fully saturated rings. The predicted octanol–water partition coefficient (Wildman–Crippen LogP) is 3.79. The van der Waals surface area contributed by atoms with Crippen LogP contribution in [0.25, 0.3) is 11.0 Å². The summed E-state index contributed by atoms with van der Waals surface area (Å²) >= 11 is 5.17. The van der Waals surface area contributed by atoms with E-state index in [1.807, 2.05) is 20.8 Å². The van der Waals surface area contributed by atoms with Crippen molar-refractivity contribution >= 4 is 23.3 Å². The van der Waals surface area contributed by atoms with Gasteiger partial charge in [0.1, 0.15) is 11.3 Å². The third-order valence-electron chi connectivity index (χ3n) is 2.88. The number of nitrogens with one attached hydrogen (secondary N) is 1. The minimum Gasteiger partial charge on any atom is -0.374 e. The van der Waals surface area contributed by atoms with Crippen LogP contribution in [0.15, 0.2) is 12.1 Å². The summed E-state index contributed by atoms with van der Waals surface area (Å²) in [6, 6.07) is 2.11. The van der Waals surface area contributed by atoms with Gasteiger partial charge in [0, 0.05) is 12.7 Å². The number of aromatic amines is 1. The highest BCUT2D eigenvalue weighted by atomic mass is 32.1. The molecule has 0 atom stereocenters. The fourth-order valence-corrected chi connectivity index (χ4v) is 2.42. The van der Waals surface area contributed by atoms with E-state index in [0.717, 1.165) is 6.07 Å². The first-order valence-corrected chi connectivity index (χ1v) is 6.46. The predicted molar refractivity (Wildman–Crippen MR) is 72.7 cm³/mol. The lowest BCUT2D eigenvalue weighted by atomic mass is 10.1. The van der Waals surface area contributed by atoms with Gasteiger partial charge in [0.2, 0.25) is 0 Å². The average Bonchev–Trinajstić information content (AvgIpc) is 2.56. The monoisotopic (exact) mass is 286 g/mol. The Balaban J connectivity index is 2.55. The van der Waals surface area contributed by atoms with E-state index in [4.69, 9.17) is 17.0 Å². The van der Waals surface area contributed by atoms with Crippen LogP contribution in [-0.2, 0) is 11.3 Å². The van der Waals surface area contributed by atoms with Crippen molar-refractivity contribution in [1.29, 1.82) is 0 Å². The van der Waals surface area contributed by atoms with E-state index in [-0.39, 0.29) is 5.52 Å². The van der Waals surface area contributed by atoms with Crippen molar-refractivity contribution in [2.75, 3.05) is 6.61 Å². The number of rotatable bonds is 4. The molecule has 2 rings (SSSR count). The van der Waals surface area contributed by atoms with Crippen LogP contribution in [-0.4, -0.2) is 21.8 Å². The number of hydrogen-bond acceptors (Lipinski definition) is 2. The zero-order valence-corrected chi connectivity index (χ0v) is 11.9. The van der Waals surface area contributed by atoms with Gasteiger partial charge in [-0.1, -0.05) is 0 Å². The van der Waals surface area contributed by atoms with Gasteiger partial charge in [-0.2, -0.15) is 0 Å². The van der Waals surface area contributed by atoms with Gasteiger partial charge < -0.3 is 14.3 Å². The molecule has 0 aliphatic carbocycles. The number of imidazole rings is 1. The molecule has 0 radical (unpaired) electrons. The highest BCUT2D eigenvalue weighted by Crippen LogP contribution is 2.22. The van der Waals surface area contributed by atoms with Crippen molar-refractivity contribution in [3.63, 3.8) is 0 Å². The number of H-pyrrole nitrogens is 1. The standard InChI is InChI=1S/C13H16F2N2OS/c1-4-18-13(2,3)7-17-10-6-8(14)5-9(15)11(10)16-12(17)19/h5-6H,4,7H2,1-3H3,(H,16,19). The van der Waals surface area contributed by atoms with Crippen LogP contribution in [0.5, 0.6) is 0 Å². The van der Waals surface area contributed by atoms with Crippen LogP contribution in [0.1, 0.15) is 20.8 Å². The molecule has 2 aromatic rings. The van der Waals surface area contributed by atoms with Gasteiger partial charge >= 0.3 is 0 Å². The second kappa shape index (κ2) is 5.02. The Bertz CT molecular complexity index is 660. The number of halogens is 2. The summed E-state index contributed by atoms with van der Waals surface area (Å²) in [7, 11) is 0. The quantitative estimate of drug-likeness (QED) is 0.867. The lowest BCUT2D eigenvalue weighted by Crippen LogP contribution is -2.30. The van der Waals surface area contributed by atoms with Crippen molar-refractivity contribution < 1.29 is 13.5 Å². The number of hydrogen-bond donors (Lipinski definition) is 1. The Morgan fingerprint density at radius 3 is 2.68 bits per heavy atom. The molecule has 1 heterocycles. The first kappa shape index (κ1) is 14.1. The lowest BCUT2D eigenvalue weighted by Gasteiger charge is -2.25. The minimum atomic E-state index is -0.644. The molecule has 0 spiro atoms. The van der Waals surface area contributed by atoms with Crippen molar-refractivity contribution in [2.45, 2.75) is 32.9 Å². The van der Waals surface area contributed by atoms with E-state index in [1.54, 1.807) is 4.57 Å². The number of benzene rings is 1. The summed E-state index contributed by atoms with van der Waals surface area (Å²) in [5, 5.41) is 0. The van der Waals surface area contributed by atoms with Crippen molar-refractivity contribution in [3.05, 3.63) is 28.5 Å². The van der Waals surface area contributed by atoms with Crippen LogP contribution < -0.4 is 0 Å². The maximum atomic E-state index is 13.7. The number of aromatic nitrogens is 2. The van der Waals surface area contributed by atoms with Crippen LogP contribution in [0, 0.1) is 16.4 Å². The summed E-state index contributed by atoms with van der Waals surface area (Å²) in [6.45, 7) is 6.70. The molecule has 1 N–H and O–H groups in total. The van der Waals surface area contributed by atoms with E-state index in [1.165, 1.54) is 6.07 Å². The Morgan fingerprint density at radius 1 is 1.37 bits per heavy atom. The average molecular weight is 286 g/mol. The van der Waals surface area contributed by atoms with Gasteiger partial charge in [0.15, 0.2) is 10.6 Å². The molecule has 0 bridgehead atoms. The Kier molecular flexibility index (Phi) is 3.73. The van der Waals surface area contributed by atoms with Gasteiger partial charge in [-0.3, -0.25) is 0 Å². The maximum absolute atomic E-state index is 13.7. The van der Waals surface area contributed by atoms with E-state index < -0.39 is 17.2 Å². The van der Waals surface area contributed by atoms with Crippen LogP contribution in [0.2, 0.25) is 0 Å². The van der Waals surface area contributed by atoms with Crippen LogP contribution in [0.4, 0.5) is 8.78 Å². The zero-order valence-electron chi connectivity index (χ0n) is 11.1. The molecule has 0 saturated carbocycles. The minimum absolute atomic E-state index is 0.221. The third-order valence-corrected chi connectivity index (χ3v) is 3.20. The molecule has 19 heavy (non-hydrogen) atoms. The van der Waals surface area contributed by atoms with Gasteiger partial charge in [-0.25, -0.2) is 8.78 Å². The molecule has 6 heteroatoms. The molecule has 0 amide bonds. The molecule has 0 saturated heterocycles. The summed E-state index contributed by atoms with van der Waals surface area (Å²) in [5.74, 6) is -1.27. The number of fused-ring (bicyclic) bond motifs is 1. The van der Waals surface area contributed by atoms with E-state index in [0.29, 0.717) is 23.4 Å². The second-order valence-corrected chi connectivity index (χ2v) is 5.38. The van der Waals surface area contributed by atoms with Crippen LogP contribution >= 0.6 is 12.2 Å². The van der Waals surface area contributed by atoms with Gasteiger partial charge in [-0.15, -0.1) is 0 Å². The largest absolute Gasteiger partial charge is 0.374 e. The summed E-state index contributed by atoms with van der Waals surface area (Å²) < 4.78 is 34.6. The Morgan fingerprint density at radius 2 is 2.05 bits per heavy atom. The van der Waals surface area contributed by atoms with Gasteiger partial charge in [0.05, 0.1) is 17.7 Å². The first-order valence-electron chi connectivity index (χ1n) is 6.05. The summed E-state index contributed by atoms with van der Waals surface area (Å²) in [4.78, 5) is 2.77. The van der Waals surface area contributed by atoms with Crippen molar-refractivity contribution in [2.24, 2.45) is 0 Å². The molecule has 0 unspecified atom stereocenters. The molecule has 104 valence electrons. The van der Waals surface area contributed by atoms with E-state index in [2.05, 4.69) is 4.98 Å². The molecule has 1 aromatic heterocycles. The van der Waals surface area contributed by atoms with E-state index >= 15 is 0 Å². The SMILES string of the molecule is CCOC(C)(C)Cn1c(=S)[nH]c2c(F)cc(F)cc21. The fourth-order valence-electron chi connectivity index (χ4n) is 2.15. The highest BCUT2D eigenvalue weighted by molar-refractivity contribution is 7.71. The second-order valence-electron chi connectivity index (χ2n) is 4.99. The van der Waals surface area contributed by atoms with Gasteiger partial charge in [-0.05, 0) is 39.1 Å². The maximum Gasteiger partial charge on any atom is 0.178 e. The summed E-state index contributed by atoms with van der Waals surface area (Å²) in [6.07, 6.45) is 0. The molecule has 0 aliphatic heterocycles. The Hall–Kier alpha value is -1.27.